The molecular formula is C26H29ClN4O2. The Labute approximate surface area is 199 Å². The van der Waals surface area contributed by atoms with Crippen molar-refractivity contribution in [1.29, 1.82) is 0 Å². The molecular weight excluding hydrogens is 436 g/mol. The maximum atomic E-state index is 13.3. The first-order valence-electron chi connectivity index (χ1n) is 11.3. The Morgan fingerprint density at radius 1 is 1.09 bits per heavy atom. The molecule has 2 amide bonds. The van der Waals surface area contributed by atoms with Gasteiger partial charge in [-0.2, -0.15) is 5.10 Å². The second-order valence-electron chi connectivity index (χ2n) is 8.69. The Morgan fingerprint density at radius 2 is 1.79 bits per heavy atom. The molecule has 7 heteroatoms. The van der Waals surface area contributed by atoms with E-state index in [0.29, 0.717) is 30.2 Å². The number of hydrogen-bond donors (Lipinski definition) is 0. The minimum Gasteiger partial charge on any atom is -0.341 e. The number of aryl methyl sites for hydroxylation is 1. The number of hydrogen-bond acceptors (Lipinski definition) is 3. The molecule has 0 saturated carbocycles. The fraction of sp³-hybridized carbons (Fsp3) is 0.346. The third-order valence-corrected chi connectivity index (χ3v) is 6.61. The van der Waals surface area contributed by atoms with Gasteiger partial charge in [-0.05, 0) is 63.1 Å². The summed E-state index contributed by atoms with van der Waals surface area (Å²) in [5.41, 5.74) is 4.60. The van der Waals surface area contributed by atoms with Crippen molar-refractivity contribution in [3.05, 3.63) is 82.1 Å². The van der Waals surface area contributed by atoms with Gasteiger partial charge in [-0.3, -0.25) is 9.59 Å². The van der Waals surface area contributed by atoms with Gasteiger partial charge in [0.15, 0.2) is 0 Å². The lowest BCUT2D eigenvalue weighted by atomic mass is 9.95. The highest BCUT2D eigenvalue weighted by Gasteiger charge is 2.31. The van der Waals surface area contributed by atoms with Gasteiger partial charge in [0.05, 0.1) is 17.3 Å². The molecule has 0 bridgehead atoms. The summed E-state index contributed by atoms with van der Waals surface area (Å²) in [4.78, 5) is 29.8. The normalized spacial score (nSPS) is 16.0. The quantitative estimate of drug-likeness (QED) is 0.552. The van der Waals surface area contributed by atoms with Gasteiger partial charge in [-0.1, -0.05) is 29.8 Å². The van der Waals surface area contributed by atoms with Crippen LogP contribution >= 0.6 is 11.6 Å². The standard InChI is InChI=1S/C26H29ClN4O2/c1-18-24(19(2)31(28-18)23-9-5-4-6-10-23)17-29(3)25(32)21-8-7-15-30(16-21)26(33)20-11-13-22(27)14-12-20/h4-6,9-14,21H,7-8,15-17H2,1-3H3. The number of carbonyl (C=O) groups excluding carboxylic acids is 2. The Morgan fingerprint density at radius 3 is 2.48 bits per heavy atom. The van der Waals surface area contributed by atoms with Crippen molar-refractivity contribution in [3.8, 4) is 5.69 Å². The first kappa shape index (κ1) is 23.1. The average molecular weight is 465 g/mol. The Kier molecular flexibility index (Phi) is 6.84. The van der Waals surface area contributed by atoms with Gasteiger partial charge < -0.3 is 9.80 Å². The monoisotopic (exact) mass is 464 g/mol. The lowest BCUT2D eigenvalue weighted by Crippen LogP contribution is -2.45. The van der Waals surface area contributed by atoms with Crippen LogP contribution in [-0.4, -0.2) is 51.5 Å². The molecule has 3 aromatic rings. The number of benzene rings is 2. The highest BCUT2D eigenvalue weighted by molar-refractivity contribution is 6.30. The van der Waals surface area contributed by atoms with Gasteiger partial charge in [-0.15, -0.1) is 0 Å². The lowest BCUT2D eigenvalue weighted by molar-refractivity contribution is -0.136. The van der Waals surface area contributed by atoms with Crippen LogP contribution in [0.25, 0.3) is 5.69 Å². The molecule has 1 aliphatic rings. The predicted molar refractivity (Wildman–Crippen MR) is 130 cm³/mol. The highest BCUT2D eigenvalue weighted by Crippen LogP contribution is 2.24. The summed E-state index contributed by atoms with van der Waals surface area (Å²) in [5, 5.41) is 5.29. The van der Waals surface area contributed by atoms with Gasteiger partial charge in [0, 0.05) is 48.5 Å². The molecule has 1 aromatic heterocycles. The van der Waals surface area contributed by atoms with Crippen molar-refractivity contribution < 1.29 is 9.59 Å². The van der Waals surface area contributed by atoms with Gasteiger partial charge in [0.2, 0.25) is 5.91 Å². The first-order chi connectivity index (χ1) is 15.8. The van der Waals surface area contributed by atoms with E-state index in [1.165, 1.54) is 0 Å². The zero-order valence-electron chi connectivity index (χ0n) is 19.3. The van der Waals surface area contributed by atoms with Crippen LogP contribution in [0.15, 0.2) is 54.6 Å². The molecule has 0 radical (unpaired) electrons. The van der Waals surface area contributed by atoms with E-state index in [9.17, 15) is 9.59 Å². The molecule has 2 aromatic carbocycles. The van der Waals surface area contributed by atoms with Crippen LogP contribution in [0.3, 0.4) is 0 Å². The number of carbonyl (C=O) groups is 2. The van der Waals surface area contributed by atoms with Gasteiger partial charge in [-0.25, -0.2) is 4.68 Å². The number of amides is 2. The molecule has 4 rings (SSSR count). The van der Waals surface area contributed by atoms with E-state index in [4.69, 9.17) is 16.7 Å². The number of nitrogens with zero attached hydrogens (tertiary/aromatic N) is 4. The fourth-order valence-electron chi connectivity index (χ4n) is 4.49. The van der Waals surface area contributed by atoms with Crippen molar-refractivity contribution in [1.82, 2.24) is 19.6 Å². The summed E-state index contributed by atoms with van der Waals surface area (Å²) < 4.78 is 1.93. The smallest absolute Gasteiger partial charge is 0.253 e. The topological polar surface area (TPSA) is 58.4 Å². The number of likely N-dealkylation sites (tertiary alicyclic amines) is 1. The molecule has 1 unspecified atom stereocenters. The summed E-state index contributed by atoms with van der Waals surface area (Å²) in [6.45, 7) is 5.61. The van der Waals surface area contributed by atoms with E-state index in [1.807, 2.05) is 55.9 Å². The van der Waals surface area contributed by atoms with Crippen LogP contribution in [0, 0.1) is 19.8 Å². The molecule has 0 N–H and O–H groups in total. The zero-order chi connectivity index (χ0) is 23.5. The van der Waals surface area contributed by atoms with E-state index >= 15 is 0 Å². The van der Waals surface area contributed by atoms with Crippen LogP contribution in [0.4, 0.5) is 0 Å². The molecule has 33 heavy (non-hydrogen) atoms. The number of para-hydroxylation sites is 1. The minimum absolute atomic E-state index is 0.0531. The van der Waals surface area contributed by atoms with Crippen LogP contribution in [0.2, 0.25) is 5.02 Å². The fourth-order valence-corrected chi connectivity index (χ4v) is 4.62. The maximum absolute atomic E-state index is 13.3. The Hall–Kier alpha value is -3.12. The van der Waals surface area contributed by atoms with E-state index in [2.05, 4.69) is 0 Å². The summed E-state index contributed by atoms with van der Waals surface area (Å²) in [6.07, 6.45) is 1.60. The summed E-state index contributed by atoms with van der Waals surface area (Å²) in [7, 11) is 1.83. The lowest BCUT2D eigenvalue weighted by Gasteiger charge is -2.34. The number of rotatable bonds is 5. The average Bonchev–Trinajstić information content (AvgIpc) is 3.12. The maximum Gasteiger partial charge on any atom is 0.253 e. The minimum atomic E-state index is -0.204. The summed E-state index contributed by atoms with van der Waals surface area (Å²) in [5.74, 6) is -0.192. The second kappa shape index (κ2) is 9.79. The third kappa shape index (κ3) is 4.96. The van der Waals surface area contributed by atoms with Gasteiger partial charge >= 0.3 is 0 Å². The molecule has 172 valence electrons. The van der Waals surface area contributed by atoms with E-state index in [1.54, 1.807) is 34.1 Å². The van der Waals surface area contributed by atoms with E-state index in [-0.39, 0.29) is 17.7 Å². The SMILES string of the molecule is Cc1nn(-c2ccccc2)c(C)c1CN(C)C(=O)C1CCCN(C(=O)c2ccc(Cl)cc2)C1. The number of aromatic nitrogens is 2. The van der Waals surface area contributed by atoms with Crippen LogP contribution in [0.5, 0.6) is 0 Å². The van der Waals surface area contributed by atoms with Crippen LogP contribution in [-0.2, 0) is 11.3 Å². The molecule has 0 aliphatic carbocycles. The Bertz CT molecular complexity index is 1140. The molecule has 6 nitrogen and oxygen atoms in total. The van der Waals surface area contributed by atoms with Crippen LogP contribution < -0.4 is 0 Å². The summed E-state index contributed by atoms with van der Waals surface area (Å²) >= 11 is 5.95. The zero-order valence-corrected chi connectivity index (χ0v) is 20.0. The van der Waals surface area contributed by atoms with E-state index in [0.717, 1.165) is 35.5 Å². The van der Waals surface area contributed by atoms with Crippen molar-refractivity contribution in [2.75, 3.05) is 20.1 Å². The van der Waals surface area contributed by atoms with Crippen molar-refractivity contribution in [2.24, 2.45) is 5.92 Å². The molecule has 1 aliphatic heterocycles. The van der Waals surface area contributed by atoms with Gasteiger partial charge in [0.25, 0.3) is 5.91 Å². The van der Waals surface area contributed by atoms with Crippen molar-refractivity contribution in [3.63, 3.8) is 0 Å². The molecule has 2 heterocycles. The predicted octanol–water partition coefficient (Wildman–Crippen LogP) is 4.65. The second-order valence-corrected chi connectivity index (χ2v) is 9.12. The van der Waals surface area contributed by atoms with Crippen molar-refractivity contribution in [2.45, 2.75) is 33.2 Å². The van der Waals surface area contributed by atoms with Crippen molar-refractivity contribution >= 4 is 23.4 Å². The first-order valence-corrected chi connectivity index (χ1v) is 11.6. The van der Waals surface area contributed by atoms with Crippen LogP contribution in [0.1, 0.15) is 40.2 Å². The third-order valence-electron chi connectivity index (χ3n) is 6.36. The van der Waals surface area contributed by atoms with E-state index < -0.39 is 0 Å². The largest absolute Gasteiger partial charge is 0.341 e. The number of halogens is 1. The number of piperidine rings is 1. The Balaban J connectivity index is 1.44. The molecule has 0 spiro atoms. The highest BCUT2D eigenvalue weighted by atomic mass is 35.5. The summed E-state index contributed by atoms with van der Waals surface area (Å²) in [6, 6.07) is 16.9. The molecule has 1 saturated heterocycles. The van der Waals surface area contributed by atoms with Gasteiger partial charge in [0.1, 0.15) is 0 Å². The molecule has 1 atom stereocenters. The molecule has 1 fully saturated rings.